The fraction of sp³-hybridized carbons (Fsp3) is 0.312. The van der Waals surface area contributed by atoms with Crippen molar-refractivity contribution in [1.29, 1.82) is 0 Å². The van der Waals surface area contributed by atoms with Crippen molar-refractivity contribution < 1.29 is 17.2 Å². The molecule has 3 aliphatic heterocycles. The standard InChI is InChI=1S/C16H14F2N6O2S/c17-10-1-2-13(18)14(5-10)27(25,26)24-11-6-12(24)8-22(7-11)16-4-3-15-20-19-9-23(15)21-16/h1-5,9,11-12H,6-8H2. The van der Waals surface area contributed by atoms with E-state index in [0.29, 0.717) is 31.0 Å². The zero-order chi connectivity index (χ0) is 18.8. The van der Waals surface area contributed by atoms with E-state index in [1.165, 1.54) is 10.6 Å². The SMILES string of the molecule is O=S(=O)(c1cc(F)ccc1F)N1C2CC1CN(c1ccc3nncn3n1)C2. The number of nitrogens with zero attached hydrogens (tertiary/aromatic N) is 6. The van der Waals surface area contributed by atoms with Crippen LogP contribution in [0.1, 0.15) is 6.42 Å². The maximum absolute atomic E-state index is 14.0. The molecule has 0 saturated carbocycles. The third-order valence-corrected chi connectivity index (χ3v) is 7.07. The van der Waals surface area contributed by atoms with E-state index in [1.54, 1.807) is 16.6 Å². The maximum atomic E-state index is 14.0. The van der Waals surface area contributed by atoms with Crippen molar-refractivity contribution in [3.8, 4) is 0 Å². The smallest absolute Gasteiger partial charge is 0.246 e. The number of halogens is 2. The maximum Gasteiger partial charge on any atom is 0.246 e. The molecule has 0 radical (unpaired) electrons. The molecule has 1 aromatic carbocycles. The molecular weight excluding hydrogens is 378 g/mol. The van der Waals surface area contributed by atoms with Gasteiger partial charge >= 0.3 is 0 Å². The van der Waals surface area contributed by atoms with Gasteiger partial charge in [0.05, 0.1) is 0 Å². The molecule has 6 rings (SSSR count). The molecule has 8 nitrogen and oxygen atoms in total. The quantitative estimate of drug-likeness (QED) is 0.663. The summed E-state index contributed by atoms with van der Waals surface area (Å²) in [6, 6.07) is 5.44. The molecular formula is C16H14F2N6O2S. The lowest BCUT2D eigenvalue weighted by atomic mass is 9.91. The average Bonchev–Trinajstić information content (AvgIpc) is 3.11. The Bertz CT molecular complexity index is 1140. The van der Waals surface area contributed by atoms with Gasteiger partial charge in [-0.3, -0.25) is 0 Å². The van der Waals surface area contributed by atoms with E-state index in [9.17, 15) is 17.2 Å². The molecule has 27 heavy (non-hydrogen) atoms. The number of fused-ring (bicyclic) bond motifs is 3. The number of sulfonamides is 1. The van der Waals surface area contributed by atoms with Crippen LogP contribution in [-0.2, 0) is 10.0 Å². The number of anilines is 1. The highest BCUT2D eigenvalue weighted by molar-refractivity contribution is 7.89. The summed E-state index contributed by atoms with van der Waals surface area (Å²) < 4.78 is 56.0. The molecule has 2 aromatic heterocycles. The summed E-state index contributed by atoms with van der Waals surface area (Å²) in [7, 11) is -4.10. The molecule has 3 saturated heterocycles. The number of piperazine rings is 1. The summed E-state index contributed by atoms with van der Waals surface area (Å²) in [5.74, 6) is -1.04. The van der Waals surface area contributed by atoms with Crippen molar-refractivity contribution in [2.75, 3.05) is 18.0 Å². The van der Waals surface area contributed by atoms with Gasteiger partial charge in [-0.25, -0.2) is 17.2 Å². The van der Waals surface area contributed by atoms with Gasteiger partial charge in [0.2, 0.25) is 10.0 Å². The van der Waals surface area contributed by atoms with E-state index in [-0.39, 0.29) is 12.1 Å². The van der Waals surface area contributed by atoms with Crippen LogP contribution >= 0.6 is 0 Å². The lowest BCUT2D eigenvalue weighted by Crippen LogP contribution is -2.70. The highest BCUT2D eigenvalue weighted by Crippen LogP contribution is 2.39. The number of hydrogen-bond donors (Lipinski definition) is 0. The van der Waals surface area contributed by atoms with Crippen molar-refractivity contribution in [3.63, 3.8) is 0 Å². The Labute approximate surface area is 153 Å². The Morgan fingerprint density at radius 1 is 1.07 bits per heavy atom. The fourth-order valence-electron chi connectivity index (χ4n) is 3.83. The minimum Gasteiger partial charge on any atom is -0.352 e. The summed E-state index contributed by atoms with van der Waals surface area (Å²) in [4.78, 5) is 1.36. The first-order valence-corrected chi connectivity index (χ1v) is 9.78. The minimum absolute atomic E-state index is 0.310. The van der Waals surface area contributed by atoms with Crippen LogP contribution in [0.2, 0.25) is 0 Å². The van der Waals surface area contributed by atoms with Crippen molar-refractivity contribution in [2.45, 2.75) is 23.4 Å². The van der Waals surface area contributed by atoms with Crippen LogP contribution in [0.15, 0.2) is 41.6 Å². The summed E-state index contributed by atoms with van der Waals surface area (Å²) in [5, 5.41) is 12.1. The minimum atomic E-state index is -4.10. The van der Waals surface area contributed by atoms with Crippen LogP contribution in [0.5, 0.6) is 0 Å². The monoisotopic (exact) mass is 392 g/mol. The molecule has 0 spiro atoms. The number of hydrogen-bond acceptors (Lipinski definition) is 6. The largest absolute Gasteiger partial charge is 0.352 e. The van der Waals surface area contributed by atoms with Gasteiger partial charge in [-0.15, -0.1) is 15.3 Å². The topological polar surface area (TPSA) is 83.7 Å². The van der Waals surface area contributed by atoms with E-state index in [0.717, 1.165) is 18.2 Å². The molecule has 2 unspecified atom stereocenters. The van der Waals surface area contributed by atoms with Gasteiger partial charge in [-0.2, -0.15) is 8.82 Å². The zero-order valence-corrected chi connectivity index (χ0v) is 14.7. The third-order valence-electron chi connectivity index (χ3n) is 5.05. The number of benzene rings is 1. The van der Waals surface area contributed by atoms with Crippen LogP contribution in [0.4, 0.5) is 14.6 Å². The van der Waals surface area contributed by atoms with Crippen LogP contribution < -0.4 is 4.90 Å². The van der Waals surface area contributed by atoms with Gasteiger partial charge in [-0.1, -0.05) is 0 Å². The Kier molecular flexibility index (Phi) is 3.46. The van der Waals surface area contributed by atoms with Crippen molar-refractivity contribution in [1.82, 2.24) is 24.1 Å². The second kappa shape index (κ2) is 5.67. The normalized spacial score (nSPS) is 22.8. The van der Waals surface area contributed by atoms with Gasteiger partial charge in [0, 0.05) is 25.2 Å². The summed E-state index contributed by atoms with van der Waals surface area (Å²) in [6.07, 6.45) is 2.18. The second-order valence-electron chi connectivity index (χ2n) is 6.68. The zero-order valence-electron chi connectivity index (χ0n) is 13.9. The van der Waals surface area contributed by atoms with Crippen molar-refractivity contribution in [3.05, 3.63) is 48.3 Å². The average molecular weight is 392 g/mol. The van der Waals surface area contributed by atoms with Crippen LogP contribution in [0.3, 0.4) is 0 Å². The third kappa shape index (κ3) is 2.49. The van der Waals surface area contributed by atoms with E-state index < -0.39 is 26.6 Å². The Hall–Kier alpha value is -2.66. The Morgan fingerprint density at radius 2 is 1.85 bits per heavy atom. The predicted molar refractivity (Wildman–Crippen MR) is 90.6 cm³/mol. The molecule has 3 aliphatic rings. The van der Waals surface area contributed by atoms with E-state index in [1.807, 2.05) is 4.90 Å². The van der Waals surface area contributed by atoms with E-state index in [4.69, 9.17) is 0 Å². The molecule has 3 aromatic rings. The molecule has 140 valence electrons. The molecule has 2 bridgehead atoms. The first-order chi connectivity index (χ1) is 12.9. The van der Waals surface area contributed by atoms with Crippen molar-refractivity contribution >= 4 is 21.5 Å². The Balaban J connectivity index is 1.42. The van der Waals surface area contributed by atoms with Crippen LogP contribution in [0, 0.1) is 11.6 Å². The van der Waals surface area contributed by atoms with Crippen molar-refractivity contribution in [2.24, 2.45) is 0 Å². The van der Waals surface area contributed by atoms with Gasteiger partial charge in [0.15, 0.2) is 5.65 Å². The van der Waals surface area contributed by atoms with E-state index in [2.05, 4.69) is 15.3 Å². The predicted octanol–water partition coefficient (Wildman–Crippen LogP) is 1.05. The molecule has 11 heteroatoms. The van der Waals surface area contributed by atoms with Gasteiger partial charge in [-0.05, 0) is 36.8 Å². The lowest BCUT2D eigenvalue weighted by molar-refractivity contribution is 0.0870. The number of piperidine rings is 1. The number of rotatable bonds is 3. The molecule has 0 aliphatic carbocycles. The van der Waals surface area contributed by atoms with Crippen LogP contribution in [0.25, 0.3) is 5.65 Å². The van der Waals surface area contributed by atoms with Gasteiger partial charge < -0.3 is 4.90 Å². The van der Waals surface area contributed by atoms with Gasteiger partial charge in [0.25, 0.3) is 0 Å². The highest BCUT2D eigenvalue weighted by Gasteiger charge is 2.52. The summed E-state index contributed by atoms with van der Waals surface area (Å²) in [5.41, 5.74) is 0.617. The Morgan fingerprint density at radius 3 is 2.63 bits per heavy atom. The molecule has 3 fully saturated rings. The van der Waals surface area contributed by atoms with E-state index >= 15 is 0 Å². The lowest BCUT2D eigenvalue weighted by Gasteiger charge is -2.55. The molecule has 0 amide bonds. The fourth-order valence-corrected chi connectivity index (χ4v) is 5.72. The first-order valence-electron chi connectivity index (χ1n) is 8.34. The summed E-state index contributed by atoms with van der Waals surface area (Å²) in [6.45, 7) is 0.848. The molecule has 5 heterocycles. The first kappa shape index (κ1) is 16.5. The molecule has 0 N–H and O–H groups in total. The highest BCUT2D eigenvalue weighted by atomic mass is 32.2. The number of aromatic nitrogens is 4. The van der Waals surface area contributed by atoms with Gasteiger partial charge in [0.1, 0.15) is 28.7 Å². The molecule has 2 atom stereocenters. The summed E-state index contributed by atoms with van der Waals surface area (Å²) >= 11 is 0. The second-order valence-corrected chi connectivity index (χ2v) is 8.49. The van der Waals surface area contributed by atoms with Crippen LogP contribution in [-0.4, -0.2) is 57.7 Å².